The number of methoxy groups -OCH3 is 1. The highest BCUT2D eigenvalue weighted by Gasteiger charge is 2.50. The monoisotopic (exact) mass is 257 g/mol. The first-order valence-corrected chi connectivity index (χ1v) is 7.10. The van der Waals surface area contributed by atoms with Crippen LogP contribution >= 0.6 is 0 Å². The van der Waals surface area contributed by atoms with Crippen LogP contribution in [0, 0.1) is 0 Å². The van der Waals surface area contributed by atoms with E-state index in [1.54, 1.807) is 7.11 Å². The predicted molar refractivity (Wildman–Crippen MR) is 73.8 cm³/mol. The summed E-state index contributed by atoms with van der Waals surface area (Å²) in [4.78, 5) is 0. The number of nitrogens with one attached hydrogen (secondary N) is 1. The van der Waals surface area contributed by atoms with Crippen LogP contribution in [-0.2, 0) is 12.0 Å². The van der Waals surface area contributed by atoms with Crippen molar-refractivity contribution < 1.29 is 9.47 Å². The van der Waals surface area contributed by atoms with Gasteiger partial charge in [-0.05, 0) is 37.4 Å². The lowest BCUT2D eigenvalue weighted by Crippen LogP contribution is -2.39. The second kappa shape index (κ2) is 4.01. The predicted octanol–water partition coefficient (Wildman–Crippen LogP) is 2.54. The van der Waals surface area contributed by atoms with Gasteiger partial charge in [0.2, 0.25) is 0 Å². The van der Waals surface area contributed by atoms with Crippen LogP contribution in [0.1, 0.15) is 30.4 Å². The molecule has 1 spiro atoms. The van der Waals surface area contributed by atoms with Crippen molar-refractivity contribution in [3.63, 3.8) is 0 Å². The Labute approximate surface area is 113 Å². The van der Waals surface area contributed by atoms with Gasteiger partial charge >= 0.3 is 0 Å². The SMILES string of the molecule is COc1ccc2c3c1O[C@H]1CCC=C[C@@]31CCNC2. The van der Waals surface area contributed by atoms with Crippen LogP contribution in [0.15, 0.2) is 24.3 Å². The highest BCUT2D eigenvalue weighted by molar-refractivity contribution is 5.60. The number of rotatable bonds is 1. The summed E-state index contributed by atoms with van der Waals surface area (Å²) in [6.45, 7) is 1.97. The van der Waals surface area contributed by atoms with E-state index in [9.17, 15) is 0 Å². The minimum Gasteiger partial charge on any atom is -0.493 e. The van der Waals surface area contributed by atoms with E-state index < -0.39 is 0 Å². The van der Waals surface area contributed by atoms with Crippen LogP contribution in [0.4, 0.5) is 0 Å². The van der Waals surface area contributed by atoms with Crippen molar-refractivity contribution >= 4 is 0 Å². The highest BCUT2D eigenvalue weighted by Crippen LogP contribution is 2.54. The molecule has 0 unspecified atom stereocenters. The van der Waals surface area contributed by atoms with Crippen molar-refractivity contribution in [3.05, 3.63) is 35.4 Å². The molecule has 2 aliphatic heterocycles. The molecule has 19 heavy (non-hydrogen) atoms. The third-order valence-corrected chi connectivity index (χ3v) is 4.77. The first kappa shape index (κ1) is 11.4. The highest BCUT2D eigenvalue weighted by atomic mass is 16.5. The summed E-state index contributed by atoms with van der Waals surface area (Å²) in [7, 11) is 1.72. The van der Waals surface area contributed by atoms with E-state index in [-0.39, 0.29) is 11.5 Å². The fourth-order valence-corrected chi connectivity index (χ4v) is 3.88. The number of ether oxygens (including phenoxy) is 2. The maximum Gasteiger partial charge on any atom is 0.166 e. The Kier molecular flexibility index (Phi) is 2.39. The summed E-state index contributed by atoms with van der Waals surface area (Å²) >= 11 is 0. The van der Waals surface area contributed by atoms with Crippen LogP contribution in [0.25, 0.3) is 0 Å². The molecule has 1 aliphatic carbocycles. The minimum absolute atomic E-state index is 0.0704. The molecule has 4 rings (SSSR count). The molecule has 0 radical (unpaired) electrons. The maximum atomic E-state index is 6.30. The second-order valence-electron chi connectivity index (χ2n) is 5.68. The van der Waals surface area contributed by atoms with Crippen molar-refractivity contribution in [2.45, 2.75) is 37.3 Å². The average Bonchev–Trinajstić information content (AvgIpc) is 2.68. The Morgan fingerprint density at radius 3 is 3.26 bits per heavy atom. The van der Waals surface area contributed by atoms with E-state index in [4.69, 9.17) is 9.47 Å². The fraction of sp³-hybridized carbons (Fsp3) is 0.500. The molecule has 3 heteroatoms. The minimum atomic E-state index is 0.0704. The zero-order valence-electron chi connectivity index (χ0n) is 11.2. The van der Waals surface area contributed by atoms with Crippen LogP contribution in [-0.4, -0.2) is 19.8 Å². The van der Waals surface area contributed by atoms with Gasteiger partial charge < -0.3 is 14.8 Å². The van der Waals surface area contributed by atoms with Gasteiger partial charge in [-0.25, -0.2) is 0 Å². The Morgan fingerprint density at radius 2 is 2.37 bits per heavy atom. The van der Waals surface area contributed by atoms with E-state index in [1.807, 2.05) is 6.07 Å². The molecule has 0 amide bonds. The summed E-state index contributed by atoms with van der Waals surface area (Å²) in [5.41, 5.74) is 2.81. The van der Waals surface area contributed by atoms with Gasteiger partial charge in [0, 0.05) is 12.1 Å². The molecular weight excluding hydrogens is 238 g/mol. The molecule has 1 aromatic carbocycles. The van der Waals surface area contributed by atoms with Crippen molar-refractivity contribution in [2.24, 2.45) is 0 Å². The van der Waals surface area contributed by atoms with Gasteiger partial charge in [0.25, 0.3) is 0 Å². The molecule has 0 aromatic heterocycles. The first-order chi connectivity index (χ1) is 9.35. The Bertz CT molecular complexity index is 552. The normalized spacial score (nSPS) is 31.1. The summed E-state index contributed by atoms with van der Waals surface area (Å²) in [5.74, 6) is 1.86. The standard InChI is InChI=1S/C16H19NO2/c1-18-12-6-5-11-10-17-9-8-16-7-3-2-4-13(16)19-15(12)14(11)16/h3,5-7,13,17H,2,4,8-10H2,1H3/t13-,16-/m0/s1. The number of hydrogen-bond donors (Lipinski definition) is 1. The maximum absolute atomic E-state index is 6.30. The Hall–Kier alpha value is -1.48. The molecule has 0 bridgehead atoms. The summed E-state index contributed by atoms with van der Waals surface area (Å²) in [5, 5.41) is 3.53. The lowest BCUT2D eigenvalue weighted by Gasteiger charge is -2.33. The molecule has 0 saturated carbocycles. The van der Waals surface area contributed by atoms with E-state index in [2.05, 4.69) is 23.5 Å². The molecule has 1 N–H and O–H groups in total. The molecule has 2 heterocycles. The van der Waals surface area contributed by atoms with Gasteiger partial charge in [0.1, 0.15) is 6.10 Å². The molecule has 3 aliphatic rings. The third kappa shape index (κ3) is 1.42. The third-order valence-electron chi connectivity index (χ3n) is 4.77. The first-order valence-electron chi connectivity index (χ1n) is 7.10. The van der Waals surface area contributed by atoms with Gasteiger partial charge in [-0.15, -0.1) is 0 Å². The van der Waals surface area contributed by atoms with Gasteiger partial charge in [-0.1, -0.05) is 18.2 Å². The molecule has 0 fully saturated rings. The molecule has 2 atom stereocenters. The van der Waals surface area contributed by atoms with Crippen LogP contribution in [0.5, 0.6) is 11.5 Å². The Balaban J connectivity index is 1.99. The van der Waals surface area contributed by atoms with E-state index >= 15 is 0 Å². The van der Waals surface area contributed by atoms with Crippen molar-refractivity contribution in [2.75, 3.05) is 13.7 Å². The van der Waals surface area contributed by atoms with E-state index in [0.29, 0.717) is 0 Å². The van der Waals surface area contributed by atoms with Crippen LogP contribution in [0.3, 0.4) is 0 Å². The van der Waals surface area contributed by atoms with E-state index in [1.165, 1.54) is 11.1 Å². The van der Waals surface area contributed by atoms with Crippen molar-refractivity contribution in [1.29, 1.82) is 0 Å². The van der Waals surface area contributed by atoms with Gasteiger partial charge in [0.15, 0.2) is 11.5 Å². The van der Waals surface area contributed by atoms with Crippen LogP contribution in [0.2, 0.25) is 0 Å². The van der Waals surface area contributed by atoms with Gasteiger partial charge in [-0.3, -0.25) is 0 Å². The summed E-state index contributed by atoms with van der Waals surface area (Å²) < 4.78 is 11.8. The molecule has 1 aromatic rings. The van der Waals surface area contributed by atoms with Crippen molar-refractivity contribution in [3.8, 4) is 11.5 Å². The molecule has 3 nitrogen and oxygen atoms in total. The number of benzene rings is 1. The Morgan fingerprint density at radius 1 is 1.42 bits per heavy atom. The average molecular weight is 257 g/mol. The lowest BCUT2D eigenvalue weighted by atomic mass is 9.69. The summed E-state index contributed by atoms with van der Waals surface area (Å²) in [6.07, 6.45) is 8.33. The van der Waals surface area contributed by atoms with Crippen LogP contribution < -0.4 is 14.8 Å². The quantitative estimate of drug-likeness (QED) is 0.784. The van der Waals surface area contributed by atoms with Crippen molar-refractivity contribution in [1.82, 2.24) is 5.32 Å². The molecule has 100 valence electrons. The number of allylic oxidation sites excluding steroid dienone is 1. The lowest BCUT2D eigenvalue weighted by molar-refractivity contribution is 0.147. The zero-order valence-corrected chi connectivity index (χ0v) is 11.2. The number of hydrogen-bond acceptors (Lipinski definition) is 3. The largest absolute Gasteiger partial charge is 0.493 e. The van der Waals surface area contributed by atoms with E-state index in [0.717, 1.165) is 43.9 Å². The zero-order chi connectivity index (χ0) is 12.9. The fourth-order valence-electron chi connectivity index (χ4n) is 3.88. The molecule has 0 saturated heterocycles. The van der Waals surface area contributed by atoms with Gasteiger partial charge in [0.05, 0.1) is 12.5 Å². The van der Waals surface area contributed by atoms with Gasteiger partial charge in [-0.2, -0.15) is 0 Å². The molecular formula is C16H19NO2. The second-order valence-corrected chi connectivity index (χ2v) is 5.68. The topological polar surface area (TPSA) is 30.5 Å². The summed E-state index contributed by atoms with van der Waals surface area (Å²) in [6, 6.07) is 4.22. The smallest absolute Gasteiger partial charge is 0.166 e.